The van der Waals surface area contributed by atoms with Crippen LogP contribution in [-0.4, -0.2) is 13.0 Å². The summed E-state index contributed by atoms with van der Waals surface area (Å²) >= 11 is 0. The molecule has 13 heavy (non-hydrogen) atoms. The number of hydrogen-bond donors (Lipinski definition) is 0. The fourth-order valence-electron chi connectivity index (χ4n) is 0.696. The Hall–Kier alpha value is -1.08. The Bertz CT molecular complexity index is 441. The molecule has 0 aliphatic heterocycles. The summed E-state index contributed by atoms with van der Waals surface area (Å²) in [5.41, 5.74) is 0. The predicted molar refractivity (Wildman–Crippen MR) is 34.3 cm³/mol. The van der Waals surface area contributed by atoms with Crippen molar-refractivity contribution in [1.29, 1.82) is 0 Å². The molecule has 0 fully saturated rings. The van der Waals surface area contributed by atoms with Gasteiger partial charge in [0.15, 0.2) is 11.6 Å². The highest BCUT2D eigenvalue weighted by molar-refractivity contribution is 7.85. The first-order valence-corrected chi connectivity index (χ1v) is 4.33. The maximum absolute atomic E-state index is 12.5. The van der Waals surface area contributed by atoms with Gasteiger partial charge in [0.25, 0.3) is 0 Å². The van der Waals surface area contributed by atoms with Gasteiger partial charge >= 0.3 is 0 Å². The van der Waals surface area contributed by atoms with E-state index in [1.807, 2.05) is 0 Å². The standard InChI is InChI=1S/C6H3F3O3S/c7-3-1-5(9)6(2-4(3)8)13(10,11)12/h1-2H,(H,10,11,12)/p-1. The van der Waals surface area contributed by atoms with Crippen molar-refractivity contribution in [2.24, 2.45) is 0 Å². The van der Waals surface area contributed by atoms with Gasteiger partial charge in [0.1, 0.15) is 15.9 Å². The molecule has 0 radical (unpaired) electrons. The molecule has 0 N–H and O–H groups in total. The van der Waals surface area contributed by atoms with Crippen LogP contribution >= 0.6 is 0 Å². The lowest BCUT2D eigenvalue weighted by Crippen LogP contribution is -2.03. The normalized spacial score (nSPS) is 11.7. The summed E-state index contributed by atoms with van der Waals surface area (Å²) in [5.74, 6) is -4.74. The molecule has 0 saturated carbocycles. The molecule has 0 amide bonds. The molecule has 0 bridgehead atoms. The van der Waals surface area contributed by atoms with Crippen molar-refractivity contribution in [1.82, 2.24) is 0 Å². The monoisotopic (exact) mass is 211 g/mol. The highest BCUT2D eigenvalue weighted by atomic mass is 32.2. The van der Waals surface area contributed by atoms with Gasteiger partial charge in [-0.25, -0.2) is 21.6 Å². The molecule has 3 nitrogen and oxygen atoms in total. The number of rotatable bonds is 1. The fraction of sp³-hybridized carbons (Fsp3) is 0. The SMILES string of the molecule is O=S(=O)([O-])c1cc(F)c(F)cc1F. The van der Waals surface area contributed by atoms with E-state index in [0.717, 1.165) is 0 Å². The van der Waals surface area contributed by atoms with Gasteiger partial charge in [-0.2, -0.15) is 0 Å². The van der Waals surface area contributed by atoms with Crippen LogP contribution in [0.15, 0.2) is 17.0 Å². The Kier molecular flexibility index (Phi) is 2.31. The van der Waals surface area contributed by atoms with Gasteiger partial charge < -0.3 is 4.55 Å². The lowest BCUT2D eigenvalue weighted by Gasteiger charge is -2.07. The predicted octanol–water partition coefficient (Wildman–Crippen LogP) is 1.01. The second-order valence-electron chi connectivity index (χ2n) is 2.15. The van der Waals surface area contributed by atoms with Crippen LogP contribution in [-0.2, 0) is 10.1 Å². The molecule has 0 saturated heterocycles. The van der Waals surface area contributed by atoms with E-state index >= 15 is 0 Å². The molecule has 1 aromatic rings. The highest BCUT2D eigenvalue weighted by Gasteiger charge is 2.13. The summed E-state index contributed by atoms with van der Waals surface area (Å²) in [5, 5.41) is 0. The molecule has 0 heterocycles. The molecule has 0 atom stereocenters. The van der Waals surface area contributed by atoms with Gasteiger partial charge in [-0.3, -0.25) is 0 Å². The molecule has 7 heteroatoms. The van der Waals surface area contributed by atoms with Crippen molar-refractivity contribution in [3.63, 3.8) is 0 Å². The topological polar surface area (TPSA) is 57.2 Å². The third-order valence-electron chi connectivity index (χ3n) is 1.24. The number of halogens is 3. The minimum atomic E-state index is -5.10. The van der Waals surface area contributed by atoms with E-state index in [0.29, 0.717) is 0 Å². The van der Waals surface area contributed by atoms with E-state index in [4.69, 9.17) is 0 Å². The molecule has 72 valence electrons. The van der Waals surface area contributed by atoms with Crippen molar-refractivity contribution < 1.29 is 26.1 Å². The molecule has 1 rings (SSSR count). The van der Waals surface area contributed by atoms with Crippen LogP contribution in [0.4, 0.5) is 13.2 Å². The average Bonchev–Trinajstić information content (AvgIpc) is 1.94. The zero-order valence-electron chi connectivity index (χ0n) is 5.92. The summed E-state index contributed by atoms with van der Waals surface area (Å²) in [6.45, 7) is 0. The molecule has 0 aromatic heterocycles. The van der Waals surface area contributed by atoms with Crippen molar-refractivity contribution in [2.75, 3.05) is 0 Å². The Labute approximate surface area is 71.6 Å². The second-order valence-corrected chi connectivity index (χ2v) is 3.50. The van der Waals surface area contributed by atoms with Crippen LogP contribution < -0.4 is 0 Å². The maximum Gasteiger partial charge on any atom is 0.161 e. The minimum absolute atomic E-state index is 0.000116. The molecule has 1 aromatic carbocycles. The maximum atomic E-state index is 12.5. The quantitative estimate of drug-likeness (QED) is 0.514. The van der Waals surface area contributed by atoms with Gasteiger partial charge in [-0.05, 0) is 6.07 Å². The van der Waals surface area contributed by atoms with Gasteiger partial charge in [0, 0.05) is 6.07 Å². The molecule has 0 aliphatic rings. The minimum Gasteiger partial charge on any atom is -0.744 e. The van der Waals surface area contributed by atoms with E-state index in [9.17, 15) is 26.1 Å². The Balaban J connectivity index is 3.50. The summed E-state index contributed by atoms with van der Waals surface area (Å²) in [4.78, 5) is -1.40. The van der Waals surface area contributed by atoms with E-state index in [-0.39, 0.29) is 12.1 Å². The van der Waals surface area contributed by atoms with Crippen LogP contribution in [0.5, 0.6) is 0 Å². The largest absolute Gasteiger partial charge is 0.744 e. The summed E-state index contributed by atoms with van der Waals surface area (Å²) in [6, 6.07) is 0.00706. The average molecular weight is 211 g/mol. The van der Waals surface area contributed by atoms with E-state index < -0.39 is 32.5 Å². The first-order valence-electron chi connectivity index (χ1n) is 2.93. The van der Waals surface area contributed by atoms with Crippen molar-refractivity contribution >= 4 is 10.1 Å². The van der Waals surface area contributed by atoms with Gasteiger partial charge in [0.2, 0.25) is 0 Å². The molecular formula is C6H2F3O3S-. The zero-order chi connectivity index (χ0) is 10.2. The first-order chi connectivity index (χ1) is 5.82. The summed E-state index contributed by atoms with van der Waals surface area (Å²) in [6.07, 6.45) is 0. The molecule has 0 spiro atoms. The number of hydrogen-bond acceptors (Lipinski definition) is 3. The van der Waals surface area contributed by atoms with E-state index in [2.05, 4.69) is 0 Å². The van der Waals surface area contributed by atoms with Crippen molar-refractivity contribution in [3.8, 4) is 0 Å². The second kappa shape index (κ2) is 3.00. The first kappa shape index (κ1) is 10.0. The third kappa shape index (κ3) is 1.99. The Morgan fingerprint density at radius 2 is 1.46 bits per heavy atom. The zero-order valence-corrected chi connectivity index (χ0v) is 6.74. The van der Waals surface area contributed by atoms with Crippen LogP contribution in [0.2, 0.25) is 0 Å². The lowest BCUT2D eigenvalue weighted by molar-refractivity contribution is 0.445. The highest BCUT2D eigenvalue weighted by Crippen LogP contribution is 2.17. The molecule has 0 aliphatic carbocycles. The van der Waals surface area contributed by atoms with Crippen molar-refractivity contribution in [3.05, 3.63) is 29.6 Å². The van der Waals surface area contributed by atoms with Crippen LogP contribution in [0, 0.1) is 17.5 Å². The molecule has 0 unspecified atom stereocenters. The summed E-state index contributed by atoms with van der Waals surface area (Å²) < 4.78 is 67.8. The van der Waals surface area contributed by atoms with Crippen LogP contribution in [0.25, 0.3) is 0 Å². The van der Waals surface area contributed by atoms with Crippen molar-refractivity contribution in [2.45, 2.75) is 4.90 Å². The molecular weight excluding hydrogens is 209 g/mol. The number of benzene rings is 1. The van der Waals surface area contributed by atoms with Crippen LogP contribution in [0.1, 0.15) is 0 Å². The van der Waals surface area contributed by atoms with Gasteiger partial charge in [-0.1, -0.05) is 0 Å². The summed E-state index contributed by atoms with van der Waals surface area (Å²) in [7, 11) is -5.10. The Morgan fingerprint density at radius 3 is 1.92 bits per heavy atom. The van der Waals surface area contributed by atoms with Gasteiger partial charge in [0.05, 0.1) is 4.90 Å². The Morgan fingerprint density at radius 1 is 1.00 bits per heavy atom. The third-order valence-corrected chi connectivity index (χ3v) is 2.10. The smallest absolute Gasteiger partial charge is 0.161 e. The van der Waals surface area contributed by atoms with Crippen LogP contribution in [0.3, 0.4) is 0 Å². The van der Waals surface area contributed by atoms with E-state index in [1.54, 1.807) is 0 Å². The fourth-order valence-corrected chi connectivity index (χ4v) is 1.24. The lowest BCUT2D eigenvalue weighted by atomic mass is 10.3. The van der Waals surface area contributed by atoms with E-state index in [1.165, 1.54) is 0 Å². The van der Waals surface area contributed by atoms with Gasteiger partial charge in [-0.15, -0.1) is 0 Å².